The van der Waals surface area contributed by atoms with Crippen LogP contribution in [0.15, 0.2) is 36.4 Å². The van der Waals surface area contributed by atoms with Crippen LogP contribution in [0.5, 0.6) is 0 Å². The highest BCUT2D eigenvalue weighted by atomic mass is 35.5. The summed E-state index contributed by atoms with van der Waals surface area (Å²) in [5.41, 5.74) is -0.706. The summed E-state index contributed by atoms with van der Waals surface area (Å²) < 4.78 is 51.0. The van der Waals surface area contributed by atoms with Gasteiger partial charge < -0.3 is 10.6 Å². The summed E-state index contributed by atoms with van der Waals surface area (Å²) in [7, 11) is 0. The number of rotatable bonds is 4. The minimum absolute atomic E-state index is 0.0267. The van der Waals surface area contributed by atoms with Crippen LogP contribution in [-0.4, -0.2) is 12.5 Å². The molecule has 0 fully saturated rings. The first kappa shape index (κ1) is 18.4. The van der Waals surface area contributed by atoms with E-state index in [0.29, 0.717) is 5.69 Å². The van der Waals surface area contributed by atoms with Crippen molar-refractivity contribution in [3.63, 3.8) is 0 Å². The van der Waals surface area contributed by atoms with Crippen molar-refractivity contribution in [2.24, 2.45) is 0 Å². The number of nitrogens with one attached hydrogen (secondary N) is 2. The predicted molar refractivity (Wildman–Crippen MR) is 85.0 cm³/mol. The molecular weight excluding hydrogens is 371 g/mol. The van der Waals surface area contributed by atoms with Gasteiger partial charge in [-0.1, -0.05) is 23.2 Å². The van der Waals surface area contributed by atoms with Crippen molar-refractivity contribution in [3.05, 3.63) is 57.8 Å². The minimum atomic E-state index is -4.55. The van der Waals surface area contributed by atoms with E-state index in [1.54, 1.807) is 0 Å². The number of hydrogen-bond acceptors (Lipinski definition) is 2. The average Bonchev–Trinajstić information content (AvgIpc) is 2.49. The average molecular weight is 381 g/mol. The topological polar surface area (TPSA) is 41.1 Å². The zero-order chi connectivity index (χ0) is 17.9. The summed E-state index contributed by atoms with van der Waals surface area (Å²) in [5.74, 6) is -1.24. The van der Waals surface area contributed by atoms with E-state index in [2.05, 4.69) is 10.6 Å². The molecule has 0 aromatic heterocycles. The second-order valence-corrected chi connectivity index (χ2v) is 5.54. The van der Waals surface area contributed by atoms with E-state index in [0.717, 1.165) is 24.3 Å². The van der Waals surface area contributed by atoms with Crippen LogP contribution < -0.4 is 10.6 Å². The van der Waals surface area contributed by atoms with E-state index >= 15 is 0 Å². The maximum absolute atomic E-state index is 13.0. The molecule has 0 radical (unpaired) electrons. The summed E-state index contributed by atoms with van der Waals surface area (Å²) >= 11 is 11.4. The van der Waals surface area contributed by atoms with Gasteiger partial charge in [-0.05, 0) is 36.4 Å². The third kappa shape index (κ3) is 4.75. The third-order valence-electron chi connectivity index (χ3n) is 2.94. The third-order valence-corrected chi connectivity index (χ3v) is 3.56. The fourth-order valence-electron chi connectivity index (χ4n) is 1.78. The first-order valence-corrected chi connectivity index (χ1v) is 7.28. The molecule has 0 atom stereocenters. The molecule has 0 saturated heterocycles. The van der Waals surface area contributed by atoms with Crippen LogP contribution in [0.2, 0.25) is 10.0 Å². The van der Waals surface area contributed by atoms with Crippen molar-refractivity contribution in [1.29, 1.82) is 0 Å². The molecule has 2 aromatic rings. The maximum atomic E-state index is 13.0. The van der Waals surface area contributed by atoms with Crippen LogP contribution in [0.3, 0.4) is 0 Å². The fourth-order valence-corrected chi connectivity index (χ4v) is 2.13. The van der Waals surface area contributed by atoms with Crippen molar-refractivity contribution in [2.75, 3.05) is 17.2 Å². The summed E-state index contributed by atoms with van der Waals surface area (Å²) in [6, 6.07) is 6.37. The molecule has 24 heavy (non-hydrogen) atoms. The second kappa shape index (κ2) is 7.27. The maximum Gasteiger partial charge on any atom is 0.416 e. The number of carbonyl (C=O) groups excluding carboxylic acids is 1. The Balaban J connectivity index is 2.03. The molecule has 0 spiro atoms. The zero-order valence-electron chi connectivity index (χ0n) is 11.8. The number of halogens is 6. The highest BCUT2D eigenvalue weighted by molar-refractivity contribution is 6.33. The van der Waals surface area contributed by atoms with Crippen molar-refractivity contribution in [1.82, 2.24) is 0 Å². The molecule has 128 valence electrons. The van der Waals surface area contributed by atoms with Gasteiger partial charge in [-0.3, -0.25) is 4.79 Å². The monoisotopic (exact) mass is 380 g/mol. The lowest BCUT2D eigenvalue weighted by molar-refractivity contribution is -0.137. The highest BCUT2D eigenvalue weighted by Crippen LogP contribution is 2.33. The Kier molecular flexibility index (Phi) is 5.56. The molecule has 0 aliphatic carbocycles. The Labute approximate surface area is 144 Å². The Morgan fingerprint density at radius 1 is 1.04 bits per heavy atom. The first-order valence-electron chi connectivity index (χ1n) is 6.52. The van der Waals surface area contributed by atoms with E-state index in [1.165, 1.54) is 12.1 Å². The molecule has 0 aliphatic rings. The van der Waals surface area contributed by atoms with Gasteiger partial charge in [0.1, 0.15) is 5.82 Å². The van der Waals surface area contributed by atoms with Crippen molar-refractivity contribution >= 4 is 40.5 Å². The standard InChI is InChI=1S/C15H10Cl2F4N2O/c16-10-3-1-8(15(19,20)21)5-13(10)23-14(24)7-22-9-2-4-12(18)11(17)6-9/h1-6,22H,7H2,(H,23,24). The lowest BCUT2D eigenvalue weighted by Crippen LogP contribution is -2.22. The van der Waals surface area contributed by atoms with E-state index in [4.69, 9.17) is 23.2 Å². The van der Waals surface area contributed by atoms with Gasteiger partial charge in [0, 0.05) is 5.69 Å². The van der Waals surface area contributed by atoms with E-state index in [1.807, 2.05) is 0 Å². The summed E-state index contributed by atoms with van der Waals surface area (Å²) in [4.78, 5) is 11.8. The molecular formula is C15H10Cl2F4N2O. The van der Waals surface area contributed by atoms with Gasteiger partial charge in [0.15, 0.2) is 0 Å². The largest absolute Gasteiger partial charge is 0.416 e. The number of carbonyl (C=O) groups is 1. The molecule has 0 aliphatic heterocycles. The summed E-state index contributed by atoms with van der Waals surface area (Å²) in [6.07, 6.45) is -4.55. The lowest BCUT2D eigenvalue weighted by atomic mass is 10.2. The van der Waals surface area contributed by atoms with Crippen molar-refractivity contribution in [3.8, 4) is 0 Å². The van der Waals surface area contributed by atoms with Gasteiger partial charge in [0.05, 0.1) is 27.8 Å². The first-order chi connectivity index (χ1) is 11.2. The van der Waals surface area contributed by atoms with Gasteiger partial charge >= 0.3 is 6.18 Å². The molecule has 2 rings (SSSR count). The number of hydrogen-bond donors (Lipinski definition) is 2. The summed E-state index contributed by atoms with van der Waals surface area (Å²) in [6.45, 7) is -0.269. The Bertz CT molecular complexity index is 766. The molecule has 2 N–H and O–H groups in total. The summed E-state index contributed by atoms with van der Waals surface area (Å²) in [5, 5.41) is 4.80. The van der Waals surface area contributed by atoms with Crippen LogP contribution in [0.25, 0.3) is 0 Å². The molecule has 2 aromatic carbocycles. The molecule has 1 amide bonds. The normalized spacial score (nSPS) is 11.2. The van der Waals surface area contributed by atoms with Crippen LogP contribution >= 0.6 is 23.2 Å². The van der Waals surface area contributed by atoms with Crippen LogP contribution in [-0.2, 0) is 11.0 Å². The number of anilines is 2. The van der Waals surface area contributed by atoms with Gasteiger partial charge in [0.2, 0.25) is 5.91 Å². The Morgan fingerprint density at radius 2 is 1.75 bits per heavy atom. The quantitative estimate of drug-likeness (QED) is 0.715. The number of alkyl halides is 3. The van der Waals surface area contributed by atoms with E-state index < -0.39 is 23.5 Å². The Hall–Kier alpha value is -1.99. The highest BCUT2D eigenvalue weighted by Gasteiger charge is 2.31. The van der Waals surface area contributed by atoms with Crippen molar-refractivity contribution < 1.29 is 22.4 Å². The van der Waals surface area contributed by atoms with Gasteiger partial charge in [-0.2, -0.15) is 13.2 Å². The van der Waals surface area contributed by atoms with Crippen LogP contribution in [0.4, 0.5) is 28.9 Å². The van der Waals surface area contributed by atoms with Gasteiger partial charge in [0.25, 0.3) is 0 Å². The number of benzene rings is 2. The van der Waals surface area contributed by atoms with Gasteiger partial charge in [-0.25, -0.2) is 4.39 Å². The van der Waals surface area contributed by atoms with Crippen LogP contribution in [0, 0.1) is 5.82 Å². The second-order valence-electron chi connectivity index (χ2n) is 4.72. The van der Waals surface area contributed by atoms with Crippen molar-refractivity contribution in [2.45, 2.75) is 6.18 Å². The van der Waals surface area contributed by atoms with E-state index in [-0.39, 0.29) is 22.3 Å². The molecule has 0 unspecified atom stereocenters. The molecule has 0 saturated carbocycles. The molecule has 9 heteroatoms. The smallest absolute Gasteiger partial charge is 0.376 e. The van der Waals surface area contributed by atoms with Crippen LogP contribution in [0.1, 0.15) is 5.56 Å². The fraction of sp³-hybridized carbons (Fsp3) is 0.133. The minimum Gasteiger partial charge on any atom is -0.376 e. The zero-order valence-corrected chi connectivity index (χ0v) is 13.4. The Morgan fingerprint density at radius 3 is 2.38 bits per heavy atom. The van der Waals surface area contributed by atoms with E-state index in [9.17, 15) is 22.4 Å². The molecule has 3 nitrogen and oxygen atoms in total. The van der Waals surface area contributed by atoms with Gasteiger partial charge in [-0.15, -0.1) is 0 Å². The molecule has 0 bridgehead atoms. The molecule has 0 heterocycles. The lowest BCUT2D eigenvalue weighted by Gasteiger charge is -2.12. The number of amides is 1. The predicted octanol–water partition coefficient (Wildman–Crippen LogP) is 5.20. The SMILES string of the molecule is O=C(CNc1ccc(F)c(Cl)c1)Nc1cc(C(F)(F)F)ccc1Cl.